The van der Waals surface area contributed by atoms with E-state index in [2.05, 4.69) is 0 Å². The van der Waals surface area contributed by atoms with E-state index in [-0.39, 0.29) is 11.5 Å². The van der Waals surface area contributed by atoms with Gasteiger partial charge in [0.25, 0.3) is 11.5 Å². The number of aromatic nitrogens is 1. The van der Waals surface area contributed by atoms with Gasteiger partial charge in [0.05, 0.1) is 18.4 Å². The van der Waals surface area contributed by atoms with E-state index < -0.39 is 0 Å². The first-order valence-electron chi connectivity index (χ1n) is 10.0. The number of anilines is 1. The Balaban J connectivity index is 1.90. The molecule has 5 nitrogen and oxygen atoms in total. The minimum atomic E-state index is -0.186. The summed E-state index contributed by atoms with van der Waals surface area (Å²) in [7, 11) is 3.33. The maximum absolute atomic E-state index is 13.6. The molecule has 0 aliphatic rings. The molecule has 5 heteroatoms. The quantitative estimate of drug-likeness (QED) is 0.479. The highest BCUT2D eigenvalue weighted by Crippen LogP contribution is 2.24. The molecule has 0 atom stereocenters. The third kappa shape index (κ3) is 3.70. The molecule has 4 rings (SSSR count). The molecule has 4 aromatic rings. The molecule has 0 spiro atoms. The predicted molar refractivity (Wildman–Crippen MR) is 125 cm³/mol. The smallest absolute Gasteiger partial charge is 0.262 e. The molecule has 0 unspecified atom stereocenters. The Morgan fingerprint density at radius 2 is 1.65 bits per heavy atom. The molecule has 0 saturated carbocycles. The van der Waals surface area contributed by atoms with Crippen LogP contribution in [0, 0.1) is 13.8 Å². The number of methoxy groups -OCH3 is 1. The molecule has 0 N–H and O–H groups in total. The van der Waals surface area contributed by atoms with Crippen LogP contribution >= 0.6 is 0 Å². The monoisotopic (exact) mass is 412 g/mol. The van der Waals surface area contributed by atoms with E-state index in [0.717, 1.165) is 11.3 Å². The summed E-state index contributed by atoms with van der Waals surface area (Å²) < 4.78 is 6.81. The number of benzene rings is 3. The summed E-state index contributed by atoms with van der Waals surface area (Å²) in [5.41, 5.74) is 3.99. The van der Waals surface area contributed by atoms with E-state index >= 15 is 0 Å². The number of nitrogens with zero attached hydrogens (tertiary/aromatic N) is 2. The average molecular weight is 412 g/mol. The van der Waals surface area contributed by atoms with Crippen molar-refractivity contribution < 1.29 is 9.53 Å². The molecule has 0 bridgehead atoms. The third-order valence-electron chi connectivity index (χ3n) is 5.67. The molecule has 3 aromatic carbocycles. The number of ether oxygens (including phenoxy) is 1. The molecule has 156 valence electrons. The van der Waals surface area contributed by atoms with Crippen LogP contribution in [0.1, 0.15) is 21.5 Å². The number of carbonyl (C=O) groups excluding carboxylic acids is 1. The highest BCUT2D eigenvalue weighted by Gasteiger charge is 2.20. The topological polar surface area (TPSA) is 51.5 Å². The molecule has 31 heavy (non-hydrogen) atoms. The molecular formula is C26H24N2O3. The van der Waals surface area contributed by atoms with Gasteiger partial charge in [-0.15, -0.1) is 0 Å². The van der Waals surface area contributed by atoms with E-state index in [1.807, 2.05) is 62.4 Å². The number of amides is 1. The minimum Gasteiger partial charge on any atom is -0.497 e. The fourth-order valence-electron chi connectivity index (χ4n) is 3.65. The Morgan fingerprint density at radius 1 is 0.903 bits per heavy atom. The first kappa shape index (κ1) is 20.4. The second kappa shape index (κ2) is 8.11. The standard InChI is InChI=1S/C26H24N2O3/c1-17-12-13-19(14-18(17)2)27(3)25(29)24-16-28(20-8-7-9-21(15-20)31-4)26(30)23-11-6-5-10-22(23)24/h5-16H,1-4H3. The van der Waals surface area contributed by atoms with Gasteiger partial charge < -0.3 is 9.64 Å². The first-order chi connectivity index (χ1) is 14.9. The summed E-state index contributed by atoms with van der Waals surface area (Å²) in [5.74, 6) is 0.453. The van der Waals surface area contributed by atoms with Gasteiger partial charge in [-0.05, 0) is 55.3 Å². The molecule has 1 aromatic heterocycles. The van der Waals surface area contributed by atoms with Gasteiger partial charge in [0, 0.05) is 35.8 Å². The second-order valence-electron chi connectivity index (χ2n) is 7.60. The number of pyridine rings is 1. The van der Waals surface area contributed by atoms with Crippen LogP contribution in [-0.4, -0.2) is 24.6 Å². The van der Waals surface area contributed by atoms with Crippen LogP contribution in [0.2, 0.25) is 0 Å². The van der Waals surface area contributed by atoms with Crippen molar-refractivity contribution in [1.29, 1.82) is 0 Å². The highest BCUT2D eigenvalue weighted by atomic mass is 16.5. The van der Waals surface area contributed by atoms with E-state index in [0.29, 0.717) is 27.8 Å². The lowest BCUT2D eigenvalue weighted by atomic mass is 10.0. The summed E-state index contributed by atoms with van der Waals surface area (Å²) in [6.07, 6.45) is 1.62. The Bertz CT molecular complexity index is 1350. The van der Waals surface area contributed by atoms with Gasteiger partial charge in [-0.25, -0.2) is 0 Å². The van der Waals surface area contributed by atoms with Gasteiger partial charge in [0.1, 0.15) is 5.75 Å². The molecule has 1 heterocycles. The summed E-state index contributed by atoms with van der Waals surface area (Å²) >= 11 is 0. The number of fused-ring (bicyclic) bond motifs is 1. The zero-order chi connectivity index (χ0) is 22.1. The summed E-state index contributed by atoms with van der Waals surface area (Å²) in [6.45, 7) is 4.06. The third-order valence-corrected chi connectivity index (χ3v) is 5.67. The van der Waals surface area contributed by atoms with E-state index in [9.17, 15) is 9.59 Å². The van der Waals surface area contributed by atoms with Crippen LogP contribution in [0.4, 0.5) is 5.69 Å². The van der Waals surface area contributed by atoms with Crippen LogP contribution in [0.25, 0.3) is 16.5 Å². The van der Waals surface area contributed by atoms with Gasteiger partial charge >= 0.3 is 0 Å². The maximum Gasteiger partial charge on any atom is 0.262 e. The van der Waals surface area contributed by atoms with Crippen molar-refractivity contribution in [3.8, 4) is 11.4 Å². The molecule has 0 radical (unpaired) electrons. The predicted octanol–water partition coefficient (Wildman–Crippen LogP) is 4.89. The van der Waals surface area contributed by atoms with Crippen LogP contribution in [0.15, 0.2) is 77.7 Å². The second-order valence-corrected chi connectivity index (χ2v) is 7.60. The zero-order valence-corrected chi connectivity index (χ0v) is 18.0. The van der Waals surface area contributed by atoms with Crippen LogP contribution in [-0.2, 0) is 0 Å². The van der Waals surface area contributed by atoms with Gasteiger partial charge in [-0.2, -0.15) is 0 Å². The van der Waals surface area contributed by atoms with Gasteiger partial charge in [-0.3, -0.25) is 14.2 Å². The van der Waals surface area contributed by atoms with Crippen molar-refractivity contribution in [2.75, 3.05) is 19.1 Å². The van der Waals surface area contributed by atoms with Crippen LogP contribution < -0.4 is 15.2 Å². The number of rotatable bonds is 4. The Kier molecular flexibility index (Phi) is 5.34. The van der Waals surface area contributed by atoms with Crippen molar-refractivity contribution in [3.05, 3.63) is 100.0 Å². The largest absolute Gasteiger partial charge is 0.497 e. The van der Waals surface area contributed by atoms with Crippen molar-refractivity contribution >= 4 is 22.4 Å². The average Bonchev–Trinajstić information content (AvgIpc) is 2.80. The molecular weight excluding hydrogens is 388 g/mol. The Morgan fingerprint density at radius 3 is 2.35 bits per heavy atom. The molecule has 0 aliphatic carbocycles. The minimum absolute atomic E-state index is 0.184. The molecule has 0 aliphatic heterocycles. The molecule has 0 fully saturated rings. The van der Waals surface area contributed by atoms with Crippen molar-refractivity contribution in [3.63, 3.8) is 0 Å². The number of carbonyl (C=O) groups is 1. The zero-order valence-electron chi connectivity index (χ0n) is 18.0. The van der Waals surface area contributed by atoms with Crippen LogP contribution in [0.3, 0.4) is 0 Å². The van der Waals surface area contributed by atoms with E-state index in [1.165, 1.54) is 10.1 Å². The Labute approximate surface area is 181 Å². The lowest BCUT2D eigenvalue weighted by Crippen LogP contribution is -2.29. The molecule has 0 saturated heterocycles. The van der Waals surface area contributed by atoms with Gasteiger partial charge in [0.2, 0.25) is 0 Å². The SMILES string of the molecule is COc1cccc(-n2cc(C(=O)N(C)c3ccc(C)c(C)c3)c3ccccc3c2=O)c1. The van der Waals surface area contributed by atoms with Crippen molar-refractivity contribution in [2.45, 2.75) is 13.8 Å². The summed E-state index contributed by atoms with van der Waals surface area (Å²) in [5, 5.41) is 1.12. The number of aryl methyl sites for hydroxylation is 2. The van der Waals surface area contributed by atoms with Gasteiger partial charge in [-0.1, -0.05) is 30.3 Å². The van der Waals surface area contributed by atoms with Crippen molar-refractivity contribution in [2.24, 2.45) is 0 Å². The summed E-state index contributed by atoms with van der Waals surface area (Å²) in [6, 6.07) is 20.4. The normalized spacial score (nSPS) is 10.8. The molecule has 1 amide bonds. The van der Waals surface area contributed by atoms with E-state index in [1.54, 1.807) is 43.5 Å². The number of hydrogen-bond donors (Lipinski definition) is 0. The fraction of sp³-hybridized carbons (Fsp3) is 0.154. The maximum atomic E-state index is 13.6. The van der Waals surface area contributed by atoms with Crippen molar-refractivity contribution in [1.82, 2.24) is 4.57 Å². The van der Waals surface area contributed by atoms with Crippen LogP contribution in [0.5, 0.6) is 5.75 Å². The first-order valence-corrected chi connectivity index (χ1v) is 10.0. The lowest BCUT2D eigenvalue weighted by Gasteiger charge is -2.20. The Hall–Kier alpha value is -3.86. The van der Waals surface area contributed by atoms with E-state index in [4.69, 9.17) is 4.74 Å². The summed E-state index contributed by atoms with van der Waals surface area (Å²) in [4.78, 5) is 28.4. The fourth-order valence-corrected chi connectivity index (χ4v) is 3.65. The number of hydrogen-bond acceptors (Lipinski definition) is 3. The highest BCUT2D eigenvalue weighted by molar-refractivity contribution is 6.13. The van der Waals surface area contributed by atoms with Gasteiger partial charge in [0.15, 0.2) is 0 Å². The lowest BCUT2D eigenvalue weighted by molar-refractivity contribution is 0.0994.